The predicted octanol–water partition coefficient (Wildman–Crippen LogP) is 5.73. The molecule has 0 heterocycles. The Kier molecular flexibility index (Phi) is 7.94. The highest BCUT2D eigenvalue weighted by atomic mass is 14.6. The van der Waals surface area contributed by atoms with E-state index in [9.17, 15) is 0 Å². The molecule has 110 valence electrons. The van der Waals surface area contributed by atoms with Gasteiger partial charge in [-0.3, -0.25) is 4.99 Å². The van der Waals surface area contributed by atoms with Crippen molar-refractivity contribution in [3.8, 4) is 0 Å². The number of hydrogen-bond donors (Lipinski definition) is 0. The van der Waals surface area contributed by atoms with E-state index in [4.69, 9.17) is 0 Å². The monoisotopic (exact) mass is 271 g/mol. The number of hydrogen-bond acceptors (Lipinski definition) is 1. The molecule has 1 unspecified atom stereocenters. The van der Waals surface area contributed by atoms with E-state index < -0.39 is 0 Å². The summed E-state index contributed by atoms with van der Waals surface area (Å²) in [5.41, 5.74) is 3.17. The van der Waals surface area contributed by atoms with Crippen LogP contribution >= 0.6 is 0 Å². The van der Waals surface area contributed by atoms with Crippen molar-refractivity contribution >= 4 is 6.21 Å². The molecule has 1 saturated carbocycles. The smallest absolute Gasteiger partial charge is 0.0277 e. The van der Waals surface area contributed by atoms with Gasteiger partial charge in [0.05, 0.1) is 0 Å². The Morgan fingerprint density at radius 3 is 2.60 bits per heavy atom. The lowest BCUT2D eigenvalue weighted by atomic mass is 9.90. The van der Waals surface area contributed by atoms with E-state index >= 15 is 0 Å². The molecule has 0 saturated heterocycles. The van der Waals surface area contributed by atoms with E-state index in [2.05, 4.69) is 42.3 Å². The molecular formula is C19H29N. The summed E-state index contributed by atoms with van der Waals surface area (Å²) in [6, 6.07) is 9.00. The Labute approximate surface area is 124 Å². The lowest BCUT2D eigenvalue weighted by molar-refractivity contribution is 0.682. The molecular weight excluding hydrogens is 242 g/mol. The van der Waals surface area contributed by atoms with Gasteiger partial charge < -0.3 is 0 Å². The SMILES string of the molecule is CC.CN=C/C=C\CCC(C)c1ccccc1C1CC1. The van der Waals surface area contributed by atoms with E-state index in [1.54, 1.807) is 18.2 Å². The van der Waals surface area contributed by atoms with Crippen LogP contribution in [-0.4, -0.2) is 13.3 Å². The van der Waals surface area contributed by atoms with Crippen LogP contribution in [0.15, 0.2) is 41.4 Å². The molecule has 0 N–H and O–H groups in total. The average Bonchev–Trinajstić information content (AvgIpc) is 3.33. The maximum absolute atomic E-state index is 3.94. The van der Waals surface area contributed by atoms with Gasteiger partial charge in [0.2, 0.25) is 0 Å². The first-order valence-corrected chi connectivity index (χ1v) is 7.99. The van der Waals surface area contributed by atoms with Gasteiger partial charge in [0, 0.05) is 13.3 Å². The molecule has 1 aromatic rings. The van der Waals surface area contributed by atoms with Crippen LogP contribution in [0.2, 0.25) is 0 Å². The highest BCUT2D eigenvalue weighted by Gasteiger charge is 2.26. The zero-order valence-corrected chi connectivity index (χ0v) is 13.5. The van der Waals surface area contributed by atoms with Gasteiger partial charge in [0.15, 0.2) is 0 Å². The Morgan fingerprint density at radius 1 is 1.25 bits per heavy atom. The molecule has 1 fully saturated rings. The molecule has 0 aromatic heterocycles. The summed E-state index contributed by atoms with van der Waals surface area (Å²) < 4.78 is 0. The van der Waals surface area contributed by atoms with Gasteiger partial charge in [-0.05, 0) is 54.7 Å². The second kappa shape index (κ2) is 9.52. The maximum Gasteiger partial charge on any atom is 0.0277 e. The Bertz CT molecular complexity index is 427. The van der Waals surface area contributed by atoms with Crippen molar-refractivity contribution in [2.75, 3.05) is 7.05 Å². The summed E-state index contributed by atoms with van der Waals surface area (Å²) in [5, 5.41) is 0. The van der Waals surface area contributed by atoms with Crippen LogP contribution in [0.1, 0.15) is 69.4 Å². The van der Waals surface area contributed by atoms with E-state index in [1.807, 2.05) is 26.1 Å². The third kappa shape index (κ3) is 5.32. The fourth-order valence-electron chi connectivity index (χ4n) is 2.47. The van der Waals surface area contributed by atoms with Gasteiger partial charge >= 0.3 is 0 Å². The van der Waals surface area contributed by atoms with Crippen LogP contribution in [0.4, 0.5) is 0 Å². The van der Waals surface area contributed by atoms with Crippen LogP contribution in [0.3, 0.4) is 0 Å². The molecule has 1 nitrogen and oxygen atoms in total. The van der Waals surface area contributed by atoms with Crippen molar-refractivity contribution < 1.29 is 0 Å². The first-order chi connectivity index (χ1) is 9.83. The highest BCUT2D eigenvalue weighted by molar-refractivity contribution is 5.70. The van der Waals surface area contributed by atoms with Crippen LogP contribution in [-0.2, 0) is 0 Å². The number of aliphatic imine (C=N–C) groups is 1. The second-order valence-corrected chi connectivity index (χ2v) is 5.22. The zero-order chi connectivity index (χ0) is 14.8. The molecule has 0 spiro atoms. The minimum atomic E-state index is 0.657. The molecule has 0 radical (unpaired) electrons. The van der Waals surface area contributed by atoms with Crippen molar-refractivity contribution in [2.24, 2.45) is 4.99 Å². The summed E-state index contributed by atoms with van der Waals surface area (Å²) in [7, 11) is 1.80. The minimum Gasteiger partial charge on any atom is -0.297 e. The van der Waals surface area contributed by atoms with Crippen LogP contribution in [0, 0.1) is 0 Å². The van der Waals surface area contributed by atoms with Crippen molar-refractivity contribution in [3.05, 3.63) is 47.5 Å². The Balaban J connectivity index is 0.000000956. The van der Waals surface area contributed by atoms with E-state index in [0.717, 1.165) is 12.3 Å². The van der Waals surface area contributed by atoms with Gasteiger partial charge in [-0.25, -0.2) is 0 Å². The fourth-order valence-corrected chi connectivity index (χ4v) is 2.47. The van der Waals surface area contributed by atoms with Crippen molar-refractivity contribution in [2.45, 2.75) is 58.3 Å². The minimum absolute atomic E-state index is 0.657. The summed E-state index contributed by atoms with van der Waals surface area (Å²) in [4.78, 5) is 3.94. The zero-order valence-electron chi connectivity index (χ0n) is 13.5. The molecule has 1 atom stereocenters. The fraction of sp³-hybridized carbons (Fsp3) is 0.526. The molecule has 2 rings (SSSR count). The molecule has 0 aliphatic heterocycles. The third-order valence-electron chi connectivity index (χ3n) is 3.68. The molecule has 1 aliphatic rings. The van der Waals surface area contributed by atoms with Crippen molar-refractivity contribution in [1.82, 2.24) is 0 Å². The van der Waals surface area contributed by atoms with Gasteiger partial charge in [0.25, 0.3) is 0 Å². The first-order valence-electron chi connectivity index (χ1n) is 7.99. The van der Waals surface area contributed by atoms with Gasteiger partial charge in [-0.2, -0.15) is 0 Å². The van der Waals surface area contributed by atoms with Crippen LogP contribution in [0.5, 0.6) is 0 Å². The highest BCUT2D eigenvalue weighted by Crippen LogP contribution is 2.43. The molecule has 0 amide bonds. The largest absolute Gasteiger partial charge is 0.297 e. The number of nitrogens with zero attached hydrogens (tertiary/aromatic N) is 1. The maximum atomic E-state index is 3.94. The molecule has 20 heavy (non-hydrogen) atoms. The normalized spacial score (nSPS) is 16.2. The molecule has 0 bridgehead atoms. The Hall–Kier alpha value is -1.37. The summed E-state index contributed by atoms with van der Waals surface area (Å²) in [6.45, 7) is 6.35. The van der Waals surface area contributed by atoms with E-state index in [0.29, 0.717) is 5.92 Å². The second-order valence-electron chi connectivity index (χ2n) is 5.22. The van der Waals surface area contributed by atoms with Gasteiger partial charge in [0.1, 0.15) is 0 Å². The summed E-state index contributed by atoms with van der Waals surface area (Å²) in [5.74, 6) is 1.51. The standard InChI is InChI=1S/C17H23N.C2H6/c1-14(8-4-3-7-13-18-2)16-9-5-6-10-17(16)15-11-12-15;1-2/h3,5-7,9-10,13-15H,4,8,11-12H2,1-2H3;1-2H3/b7-3-,18-13?;. The first kappa shape index (κ1) is 16.7. The predicted molar refractivity (Wildman–Crippen MR) is 91.0 cm³/mol. The molecule has 1 aliphatic carbocycles. The summed E-state index contributed by atoms with van der Waals surface area (Å²) in [6.07, 6.45) is 11.2. The lowest BCUT2D eigenvalue weighted by Crippen LogP contribution is -1.98. The molecule has 1 aromatic carbocycles. The van der Waals surface area contributed by atoms with Crippen molar-refractivity contribution in [3.63, 3.8) is 0 Å². The van der Waals surface area contributed by atoms with E-state index in [-0.39, 0.29) is 0 Å². The number of benzene rings is 1. The Morgan fingerprint density at radius 2 is 1.95 bits per heavy atom. The van der Waals surface area contributed by atoms with Crippen molar-refractivity contribution in [1.29, 1.82) is 0 Å². The summed E-state index contributed by atoms with van der Waals surface area (Å²) >= 11 is 0. The van der Waals surface area contributed by atoms with Gasteiger partial charge in [-0.1, -0.05) is 51.1 Å². The van der Waals surface area contributed by atoms with E-state index in [1.165, 1.54) is 19.3 Å². The van der Waals surface area contributed by atoms with Crippen LogP contribution in [0.25, 0.3) is 0 Å². The number of rotatable bonds is 6. The van der Waals surface area contributed by atoms with Crippen LogP contribution < -0.4 is 0 Å². The third-order valence-corrected chi connectivity index (χ3v) is 3.68. The number of allylic oxidation sites excluding steroid dienone is 2. The quantitative estimate of drug-likeness (QED) is 0.586. The average molecular weight is 271 g/mol. The molecule has 1 heteroatoms. The van der Waals surface area contributed by atoms with Gasteiger partial charge in [-0.15, -0.1) is 0 Å². The topological polar surface area (TPSA) is 12.4 Å². The lowest BCUT2D eigenvalue weighted by Gasteiger charge is -2.15.